The predicted molar refractivity (Wildman–Crippen MR) is 128 cm³/mol. The Morgan fingerprint density at radius 1 is 0.500 bits per heavy atom. The molecule has 0 bridgehead atoms. The molecule has 0 aliphatic rings. The maximum atomic E-state index is 3.36. The van der Waals surface area contributed by atoms with Gasteiger partial charge in [0.25, 0.3) is 0 Å². The molecule has 0 fully saturated rings. The lowest BCUT2D eigenvalue weighted by molar-refractivity contribution is -0.00000606. The van der Waals surface area contributed by atoms with Crippen LogP contribution in [0.2, 0.25) is 0 Å². The Kier molecular flexibility index (Phi) is 24.0. The van der Waals surface area contributed by atoms with Gasteiger partial charge in [-0.15, -0.1) is 17.8 Å². The van der Waals surface area contributed by atoms with Crippen molar-refractivity contribution >= 4 is 7.26 Å². The molecule has 28 heavy (non-hydrogen) atoms. The minimum absolute atomic E-state index is 0. The molecule has 0 saturated carbocycles. The summed E-state index contributed by atoms with van der Waals surface area (Å²) in [5, 5.41) is 0. The first-order valence-corrected chi connectivity index (χ1v) is 13.8. The molecule has 0 aromatic rings. The number of hydrogen-bond donors (Lipinski definition) is 0. The molecule has 0 saturated heterocycles. The second-order valence-corrected chi connectivity index (χ2v) is 11.8. The van der Waals surface area contributed by atoms with Crippen molar-refractivity contribution in [1.29, 1.82) is 0 Å². The second kappa shape index (κ2) is 22.7. The molecule has 0 amide bonds. The van der Waals surface area contributed by atoms with Crippen molar-refractivity contribution in [3.8, 4) is 35.5 Å². The molecule has 0 heterocycles. The lowest BCUT2D eigenvalue weighted by atomic mass is 10.1. The fourth-order valence-corrected chi connectivity index (χ4v) is 6.62. The number of hydrogen-bond acceptors (Lipinski definition) is 0. The minimum atomic E-state index is -1.15. The van der Waals surface area contributed by atoms with E-state index in [9.17, 15) is 0 Å². The zero-order valence-electron chi connectivity index (χ0n) is 19.1. The van der Waals surface area contributed by atoms with Crippen LogP contribution in [0.1, 0.15) is 105 Å². The number of unbranched alkanes of at least 4 members (excludes halogenated alkanes) is 11. The van der Waals surface area contributed by atoms with Crippen LogP contribution < -0.4 is 12.4 Å². The van der Waals surface area contributed by atoms with E-state index in [0.29, 0.717) is 0 Å². The van der Waals surface area contributed by atoms with E-state index in [-0.39, 0.29) is 12.4 Å². The van der Waals surface area contributed by atoms with E-state index in [1.54, 1.807) is 0 Å². The molecular weight excluding hydrogens is 379 g/mol. The summed E-state index contributed by atoms with van der Waals surface area (Å²) in [6, 6.07) is 0. The summed E-state index contributed by atoms with van der Waals surface area (Å²) >= 11 is 0. The van der Waals surface area contributed by atoms with Gasteiger partial charge in [-0.05, 0) is 33.6 Å². The van der Waals surface area contributed by atoms with Crippen LogP contribution in [-0.2, 0) is 0 Å². The molecular formula is C26H44ClP. The van der Waals surface area contributed by atoms with Crippen molar-refractivity contribution in [2.24, 2.45) is 0 Å². The third-order valence-corrected chi connectivity index (χ3v) is 9.01. The van der Waals surface area contributed by atoms with Crippen molar-refractivity contribution in [2.75, 3.05) is 24.6 Å². The summed E-state index contributed by atoms with van der Waals surface area (Å²) in [7, 11) is -1.15. The summed E-state index contributed by atoms with van der Waals surface area (Å²) in [6.45, 7) is 8.15. The average molecular weight is 423 g/mol. The summed E-state index contributed by atoms with van der Waals surface area (Å²) in [6.07, 6.45) is 21.4. The molecule has 0 aliphatic carbocycles. The first-order chi connectivity index (χ1) is 13.2. The van der Waals surface area contributed by atoms with Gasteiger partial charge in [0.05, 0.1) is 13.4 Å². The highest BCUT2D eigenvalue weighted by atomic mass is 35.5. The molecule has 0 aromatic heterocycles. The van der Waals surface area contributed by atoms with Crippen LogP contribution in [0.4, 0.5) is 0 Å². The van der Waals surface area contributed by atoms with E-state index in [4.69, 9.17) is 0 Å². The maximum Gasteiger partial charge on any atom is 0.121 e. The predicted octanol–water partition coefficient (Wildman–Crippen LogP) is 4.78. The second-order valence-electron chi connectivity index (χ2n) is 7.71. The van der Waals surface area contributed by atoms with E-state index < -0.39 is 7.26 Å². The first-order valence-electron chi connectivity index (χ1n) is 11.3. The zero-order chi connectivity index (χ0) is 20.1. The van der Waals surface area contributed by atoms with E-state index in [1.807, 2.05) is 20.8 Å². The van der Waals surface area contributed by atoms with E-state index in [0.717, 1.165) is 18.5 Å². The molecule has 0 unspecified atom stereocenters. The highest BCUT2D eigenvalue weighted by Gasteiger charge is 2.34. The van der Waals surface area contributed by atoms with Crippen molar-refractivity contribution in [1.82, 2.24) is 0 Å². The molecule has 2 heteroatoms. The SMILES string of the molecule is CC#CC[P+](CC#CC)(CC#CC)CCCCCCCCCCCCCC.[Cl-]. The van der Waals surface area contributed by atoms with Crippen LogP contribution in [0.5, 0.6) is 0 Å². The lowest BCUT2D eigenvalue weighted by Gasteiger charge is -2.21. The summed E-state index contributed by atoms with van der Waals surface area (Å²) in [5.41, 5.74) is 0. The minimum Gasteiger partial charge on any atom is -1.00 e. The van der Waals surface area contributed by atoms with Gasteiger partial charge in [-0.1, -0.05) is 88.9 Å². The fraction of sp³-hybridized carbons (Fsp3) is 0.769. The van der Waals surface area contributed by atoms with E-state index in [2.05, 4.69) is 42.4 Å². The van der Waals surface area contributed by atoms with Gasteiger partial charge in [0.1, 0.15) is 18.5 Å². The van der Waals surface area contributed by atoms with Crippen LogP contribution in [0.15, 0.2) is 0 Å². The van der Waals surface area contributed by atoms with E-state index >= 15 is 0 Å². The van der Waals surface area contributed by atoms with Crippen LogP contribution in [-0.4, -0.2) is 24.6 Å². The van der Waals surface area contributed by atoms with Gasteiger partial charge in [-0.25, -0.2) is 0 Å². The fourth-order valence-electron chi connectivity index (χ4n) is 3.43. The first kappa shape index (κ1) is 29.6. The topological polar surface area (TPSA) is 0 Å². The van der Waals surface area contributed by atoms with Crippen molar-refractivity contribution in [3.63, 3.8) is 0 Å². The molecule has 0 spiro atoms. The number of halogens is 1. The Hall–Kier alpha value is -0.600. The number of rotatable bonds is 16. The zero-order valence-corrected chi connectivity index (χ0v) is 20.8. The van der Waals surface area contributed by atoms with Gasteiger partial charge >= 0.3 is 0 Å². The summed E-state index contributed by atoms with van der Waals surface area (Å²) in [4.78, 5) is 0. The van der Waals surface area contributed by atoms with Crippen molar-refractivity contribution < 1.29 is 12.4 Å². The summed E-state index contributed by atoms with van der Waals surface area (Å²) in [5.74, 6) is 19.4. The molecule has 0 aliphatic heterocycles. The monoisotopic (exact) mass is 422 g/mol. The third-order valence-electron chi connectivity index (χ3n) is 5.26. The molecule has 0 nitrogen and oxygen atoms in total. The van der Waals surface area contributed by atoms with Gasteiger partial charge in [-0.2, -0.15) is 0 Å². The van der Waals surface area contributed by atoms with Gasteiger partial charge in [0.15, 0.2) is 0 Å². The third kappa shape index (κ3) is 17.5. The molecule has 0 rings (SSSR count). The van der Waals surface area contributed by atoms with Crippen molar-refractivity contribution in [3.05, 3.63) is 0 Å². The average Bonchev–Trinajstić information content (AvgIpc) is 2.69. The van der Waals surface area contributed by atoms with Crippen LogP contribution >= 0.6 is 7.26 Å². The normalized spacial score (nSPS) is 9.86. The molecule has 0 atom stereocenters. The molecule has 0 aromatic carbocycles. The largest absolute Gasteiger partial charge is 1.00 e. The maximum absolute atomic E-state index is 3.36. The van der Waals surface area contributed by atoms with Gasteiger partial charge in [0, 0.05) is 0 Å². The smallest absolute Gasteiger partial charge is 0.121 e. The van der Waals surface area contributed by atoms with Crippen molar-refractivity contribution in [2.45, 2.75) is 105 Å². The molecule has 0 radical (unpaired) electrons. The Balaban J connectivity index is 0. The lowest BCUT2D eigenvalue weighted by Crippen LogP contribution is -3.00. The highest BCUT2D eigenvalue weighted by Crippen LogP contribution is 2.58. The van der Waals surface area contributed by atoms with Crippen LogP contribution in [0.25, 0.3) is 0 Å². The molecule has 0 N–H and O–H groups in total. The van der Waals surface area contributed by atoms with E-state index in [1.165, 1.54) is 83.2 Å². The van der Waals surface area contributed by atoms with Gasteiger partial charge < -0.3 is 12.4 Å². The van der Waals surface area contributed by atoms with Crippen LogP contribution in [0, 0.1) is 35.5 Å². The highest BCUT2D eigenvalue weighted by molar-refractivity contribution is 7.76. The summed E-state index contributed by atoms with van der Waals surface area (Å²) < 4.78 is 0. The van der Waals surface area contributed by atoms with Gasteiger partial charge in [0.2, 0.25) is 0 Å². The Morgan fingerprint density at radius 3 is 1.14 bits per heavy atom. The molecule has 160 valence electrons. The Bertz CT molecular complexity index is 463. The Labute approximate surface area is 184 Å². The van der Waals surface area contributed by atoms with Gasteiger partial charge in [-0.3, -0.25) is 0 Å². The Morgan fingerprint density at radius 2 is 0.821 bits per heavy atom. The quantitative estimate of drug-likeness (QED) is 0.191. The standard InChI is InChI=1S/C26H44P.ClH/c1-5-9-13-14-15-16-17-18-19-20-21-22-26-27(23-10-6-2,24-11-7-3)25-12-8-4;/h5,9,13-26H2,1-4H3;1H/q+1;/p-1. The van der Waals surface area contributed by atoms with Crippen LogP contribution in [0.3, 0.4) is 0 Å².